The van der Waals surface area contributed by atoms with Crippen LogP contribution in [-0.2, 0) is 0 Å². The molecule has 0 aliphatic carbocycles. The molecule has 2 heterocycles. The van der Waals surface area contributed by atoms with Crippen LogP contribution in [0.1, 0.15) is 12.8 Å². The van der Waals surface area contributed by atoms with Crippen LogP contribution in [0.3, 0.4) is 0 Å². The number of halogens is 2. The quantitative estimate of drug-likeness (QED) is 0.560. The maximum absolute atomic E-state index is 12.3. The molecule has 6 nitrogen and oxygen atoms in total. The van der Waals surface area contributed by atoms with Crippen molar-refractivity contribution in [3.63, 3.8) is 0 Å². The van der Waals surface area contributed by atoms with Crippen molar-refractivity contribution in [1.82, 2.24) is 10.2 Å². The first kappa shape index (κ1) is 19.5. The summed E-state index contributed by atoms with van der Waals surface area (Å²) in [5.41, 5.74) is 2.73. The molecule has 8 heteroatoms. The Morgan fingerprint density at radius 3 is 2.48 bits per heavy atom. The Morgan fingerprint density at radius 1 is 0.931 bits per heavy atom. The molecule has 1 aromatic heterocycles. The molecule has 3 aromatic rings. The van der Waals surface area contributed by atoms with Crippen LogP contribution in [0.15, 0.2) is 54.6 Å². The molecule has 1 aliphatic heterocycles. The molecule has 29 heavy (non-hydrogen) atoms. The second kappa shape index (κ2) is 8.68. The summed E-state index contributed by atoms with van der Waals surface area (Å²) < 4.78 is 0. The maximum Gasteiger partial charge on any atom is 0.323 e. The Balaban J connectivity index is 1.44. The fourth-order valence-electron chi connectivity index (χ4n) is 3.23. The van der Waals surface area contributed by atoms with Gasteiger partial charge in [-0.05, 0) is 55.3 Å². The predicted octanol–water partition coefficient (Wildman–Crippen LogP) is 5.69. The van der Waals surface area contributed by atoms with Crippen LogP contribution < -0.4 is 15.5 Å². The number of nitrogens with zero attached hydrogens (tertiary/aromatic N) is 3. The highest BCUT2D eigenvalue weighted by Gasteiger charge is 2.14. The Morgan fingerprint density at radius 2 is 1.76 bits per heavy atom. The van der Waals surface area contributed by atoms with Crippen LogP contribution in [-0.4, -0.2) is 29.3 Å². The van der Waals surface area contributed by atoms with Crippen LogP contribution in [0.5, 0.6) is 0 Å². The summed E-state index contributed by atoms with van der Waals surface area (Å²) in [6, 6.07) is 15.9. The molecule has 4 rings (SSSR count). The summed E-state index contributed by atoms with van der Waals surface area (Å²) in [5.74, 6) is 0.903. The lowest BCUT2D eigenvalue weighted by atomic mass is 10.1. The zero-order chi connectivity index (χ0) is 20.2. The lowest BCUT2D eigenvalue weighted by Gasteiger charge is -2.15. The molecule has 0 unspecified atom stereocenters. The minimum absolute atomic E-state index is 0.370. The lowest BCUT2D eigenvalue weighted by Crippen LogP contribution is -2.19. The highest BCUT2D eigenvalue weighted by Crippen LogP contribution is 2.26. The lowest BCUT2D eigenvalue weighted by molar-refractivity contribution is 0.262. The zero-order valence-electron chi connectivity index (χ0n) is 15.5. The summed E-state index contributed by atoms with van der Waals surface area (Å²) >= 11 is 12.0. The van der Waals surface area contributed by atoms with E-state index in [1.165, 1.54) is 12.8 Å². The Bertz CT molecular complexity index is 1020. The third-order valence-corrected chi connectivity index (χ3v) is 5.22. The van der Waals surface area contributed by atoms with E-state index in [-0.39, 0.29) is 0 Å². The van der Waals surface area contributed by atoms with E-state index < -0.39 is 6.03 Å². The van der Waals surface area contributed by atoms with E-state index in [9.17, 15) is 4.79 Å². The molecule has 0 atom stereocenters. The number of urea groups is 1. The van der Waals surface area contributed by atoms with Crippen molar-refractivity contribution in [3.05, 3.63) is 64.6 Å². The number of anilines is 3. The predicted molar refractivity (Wildman–Crippen MR) is 118 cm³/mol. The summed E-state index contributed by atoms with van der Waals surface area (Å²) in [7, 11) is 0. The molecule has 2 amide bonds. The second-order valence-corrected chi connectivity index (χ2v) is 7.60. The van der Waals surface area contributed by atoms with Gasteiger partial charge in [-0.25, -0.2) is 4.79 Å². The number of benzene rings is 2. The van der Waals surface area contributed by atoms with E-state index in [1.807, 2.05) is 30.3 Å². The third-order valence-electron chi connectivity index (χ3n) is 4.68. The number of amides is 2. The number of carbonyl (C=O) groups excluding carboxylic acids is 1. The fourth-order valence-corrected chi connectivity index (χ4v) is 3.68. The van der Waals surface area contributed by atoms with Crippen molar-refractivity contribution < 1.29 is 4.79 Å². The Hall–Kier alpha value is -2.83. The molecule has 2 N–H and O–H groups in total. The fraction of sp³-hybridized carbons (Fsp3) is 0.190. The smallest absolute Gasteiger partial charge is 0.323 e. The van der Waals surface area contributed by atoms with Gasteiger partial charge < -0.3 is 15.5 Å². The average Bonchev–Trinajstić information content (AvgIpc) is 3.25. The molecule has 0 spiro atoms. The average molecular weight is 428 g/mol. The molecular weight excluding hydrogens is 409 g/mol. The highest BCUT2D eigenvalue weighted by atomic mass is 35.5. The molecule has 1 aliphatic rings. The van der Waals surface area contributed by atoms with E-state index in [1.54, 1.807) is 24.3 Å². The second-order valence-electron chi connectivity index (χ2n) is 6.76. The molecule has 2 aromatic carbocycles. The summed E-state index contributed by atoms with van der Waals surface area (Å²) in [5, 5.41) is 15.1. The van der Waals surface area contributed by atoms with Crippen molar-refractivity contribution in [1.29, 1.82) is 0 Å². The first-order valence-electron chi connectivity index (χ1n) is 9.31. The van der Waals surface area contributed by atoms with Crippen molar-refractivity contribution in [2.24, 2.45) is 0 Å². The van der Waals surface area contributed by atoms with Gasteiger partial charge in [-0.1, -0.05) is 35.3 Å². The SMILES string of the molecule is O=C(Nc1cccc(-c2ccc(N3CCCC3)nn2)c1)Nc1ccc(Cl)cc1Cl. The van der Waals surface area contributed by atoms with Gasteiger partial charge >= 0.3 is 6.03 Å². The third kappa shape index (κ3) is 4.78. The van der Waals surface area contributed by atoms with Gasteiger partial charge in [-0.2, -0.15) is 0 Å². The molecule has 1 fully saturated rings. The number of rotatable bonds is 4. The van der Waals surface area contributed by atoms with Crippen LogP contribution in [0.25, 0.3) is 11.3 Å². The number of aromatic nitrogens is 2. The van der Waals surface area contributed by atoms with Crippen molar-refractivity contribution >= 4 is 46.4 Å². The topological polar surface area (TPSA) is 70.2 Å². The van der Waals surface area contributed by atoms with Crippen molar-refractivity contribution in [3.8, 4) is 11.3 Å². The van der Waals surface area contributed by atoms with Crippen LogP contribution >= 0.6 is 23.2 Å². The molecule has 148 valence electrons. The monoisotopic (exact) mass is 427 g/mol. The van der Waals surface area contributed by atoms with E-state index in [4.69, 9.17) is 23.2 Å². The zero-order valence-corrected chi connectivity index (χ0v) is 17.0. The van der Waals surface area contributed by atoms with Gasteiger partial charge in [0, 0.05) is 29.4 Å². The number of hydrogen-bond donors (Lipinski definition) is 2. The van der Waals surface area contributed by atoms with E-state index >= 15 is 0 Å². The first-order valence-corrected chi connectivity index (χ1v) is 10.1. The summed E-state index contributed by atoms with van der Waals surface area (Å²) in [4.78, 5) is 14.5. The van der Waals surface area contributed by atoms with E-state index in [2.05, 4.69) is 25.7 Å². The minimum atomic E-state index is -0.401. The largest absolute Gasteiger partial charge is 0.355 e. The Labute approximate surface area is 178 Å². The van der Waals surface area contributed by atoms with Gasteiger partial charge in [-0.3, -0.25) is 0 Å². The summed E-state index contributed by atoms with van der Waals surface area (Å²) in [6.45, 7) is 2.06. The number of nitrogens with one attached hydrogen (secondary N) is 2. The van der Waals surface area contributed by atoms with Crippen molar-refractivity contribution in [2.45, 2.75) is 12.8 Å². The molecule has 0 radical (unpaired) electrons. The highest BCUT2D eigenvalue weighted by molar-refractivity contribution is 6.36. The van der Waals surface area contributed by atoms with Crippen molar-refractivity contribution in [2.75, 3.05) is 28.6 Å². The van der Waals surface area contributed by atoms with E-state index in [0.717, 1.165) is 30.2 Å². The maximum atomic E-state index is 12.3. The van der Waals surface area contributed by atoms with Gasteiger partial charge in [-0.15, -0.1) is 10.2 Å². The van der Waals surface area contributed by atoms with Crippen LogP contribution in [0, 0.1) is 0 Å². The number of carbonyl (C=O) groups is 1. The standard InChI is InChI=1S/C21H19Cl2N5O/c22-15-6-7-19(17(23)13-15)25-21(29)24-16-5-3-4-14(12-16)18-8-9-20(27-26-18)28-10-1-2-11-28/h3-9,12-13H,1-2,10-11H2,(H2,24,25,29). The van der Waals surface area contributed by atoms with Crippen LogP contribution in [0.4, 0.5) is 22.0 Å². The first-order chi connectivity index (χ1) is 14.1. The molecule has 0 saturated carbocycles. The van der Waals surface area contributed by atoms with Gasteiger partial charge in [0.05, 0.1) is 16.4 Å². The molecular formula is C21H19Cl2N5O. The van der Waals surface area contributed by atoms with Crippen LogP contribution in [0.2, 0.25) is 10.0 Å². The summed E-state index contributed by atoms with van der Waals surface area (Å²) in [6.07, 6.45) is 2.39. The normalized spacial score (nSPS) is 13.4. The van der Waals surface area contributed by atoms with Gasteiger partial charge in [0.1, 0.15) is 0 Å². The van der Waals surface area contributed by atoms with Gasteiger partial charge in [0.15, 0.2) is 5.82 Å². The van der Waals surface area contributed by atoms with Gasteiger partial charge in [0.2, 0.25) is 0 Å². The minimum Gasteiger partial charge on any atom is -0.355 e. The molecule has 1 saturated heterocycles. The Kier molecular flexibility index (Phi) is 5.83. The molecule has 0 bridgehead atoms. The van der Waals surface area contributed by atoms with E-state index in [0.29, 0.717) is 21.4 Å². The van der Waals surface area contributed by atoms with Gasteiger partial charge in [0.25, 0.3) is 0 Å². The number of hydrogen-bond acceptors (Lipinski definition) is 4.